The third kappa shape index (κ3) is 2.85. The van der Waals surface area contributed by atoms with Gasteiger partial charge in [0.2, 0.25) is 5.89 Å². The second-order valence-corrected chi connectivity index (χ2v) is 4.93. The molecule has 0 unspecified atom stereocenters. The molecular formula is C13H16N4OS. The van der Waals surface area contributed by atoms with Crippen LogP contribution >= 0.6 is 12.2 Å². The topological polar surface area (TPSA) is 57.1 Å². The van der Waals surface area contributed by atoms with Crippen LogP contribution in [0.5, 0.6) is 0 Å². The molecule has 2 heterocycles. The molecule has 3 rings (SSSR count). The van der Waals surface area contributed by atoms with Crippen LogP contribution in [0.4, 0.5) is 5.69 Å². The van der Waals surface area contributed by atoms with E-state index in [-0.39, 0.29) is 0 Å². The van der Waals surface area contributed by atoms with Crippen molar-refractivity contribution in [3.8, 4) is 11.5 Å². The Labute approximate surface area is 116 Å². The summed E-state index contributed by atoms with van der Waals surface area (Å²) < 4.78 is 5.30. The highest BCUT2D eigenvalue weighted by atomic mass is 32.1. The summed E-state index contributed by atoms with van der Waals surface area (Å²) in [5, 5.41) is 10.1. The van der Waals surface area contributed by atoms with E-state index in [9.17, 15) is 0 Å². The van der Waals surface area contributed by atoms with Gasteiger partial charge in [-0.1, -0.05) is 0 Å². The van der Waals surface area contributed by atoms with Gasteiger partial charge in [-0.05, 0) is 49.4 Å². The second-order valence-electron chi connectivity index (χ2n) is 4.56. The zero-order valence-corrected chi connectivity index (χ0v) is 11.4. The molecule has 0 spiro atoms. The van der Waals surface area contributed by atoms with Crippen molar-refractivity contribution in [1.29, 1.82) is 0 Å². The van der Waals surface area contributed by atoms with Crippen molar-refractivity contribution >= 4 is 17.9 Å². The van der Waals surface area contributed by atoms with Crippen LogP contribution in [0.15, 0.2) is 28.7 Å². The molecule has 2 N–H and O–H groups in total. The van der Waals surface area contributed by atoms with Crippen molar-refractivity contribution in [3.05, 3.63) is 29.1 Å². The molecule has 0 saturated carbocycles. The van der Waals surface area contributed by atoms with E-state index in [4.69, 9.17) is 16.6 Å². The zero-order valence-electron chi connectivity index (χ0n) is 10.6. The quantitative estimate of drug-likeness (QED) is 0.824. The molecule has 0 aliphatic carbocycles. The van der Waals surface area contributed by atoms with Crippen LogP contribution in [0.1, 0.15) is 6.42 Å². The minimum atomic E-state index is 0.303. The van der Waals surface area contributed by atoms with E-state index in [1.807, 2.05) is 12.1 Å². The Kier molecular flexibility index (Phi) is 3.61. The van der Waals surface area contributed by atoms with Crippen LogP contribution in [0.2, 0.25) is 0 Å². The lowest BCUT2D eigenvalue weighted by Crippen LogP contribution is -2.27. The number of aromatic nitrogens is 2. The van der Waals surface area contributed by atoms with Crippen molar-refractivity contribution in [3.63, 3.8) is 0 Å². The van der Waals surface area contributed by atoms with E-state index in [1.165, 1.54) is 12.1 Å². The van der Waals surface area contributed by atoms with Gasteiger partial charge in [0, 0.05) is 30.9 Å². The molecule has 2 aromatic rings. The van der Waals surface area contributed by atoms with E-state index >= 15 is 0 Å². The van der Waals surface area contributed by atoms with Gasteiger partial charge in [-0.3, -0.25) is 0 Å². The average molecular weight is 276 g/mol. The summed E-state index contributed by atoms with van der Waals surface area (Å²) in [5.74, 6) is 0.536. The molecule has 1 aromatic carbocycles. The minimum Gasteiger partial charge on any atom is -0.409 e. The maximum Gasteiger partial charge on any atom is 0.284 e. The number of nitrogens with one attached hydrogen (secondary N) is 2. The van der Waals surface area contributed by atoms with Crippen molar-refractivity contribution < 1.29 is 4.42 Å². The number of benzene rings is 1. The Morgan fingerprint density at radius 3 is 2.74 bits per heavy atom. The Bertz CT molecular complexity index is 581. The fourth-order valence-electron chi connectivity index (χ4n) is 2.27. The van der Waals surface area contributed by atoms with Crippen LogP contribution in [0.3, 0.4) is 0 Å². The SMILES string of the molecule is S=c1[nH]nc(-c2ccc(N3CCCNCC3)cc2)o1. The molecular weight excluding hydrogens is 260 g/mol. The van der Waals surface area contributed by atoms with Crippen LogP contribution in [-0.2, 0) is 0 Å². The Balaban J connectivity index is 1.80. The summed E-state index contributed by atoms with van der Waals surface area (Å²) in [4.78, 5) is 2.70. The first kappa shape index (κ1) is 12.4. The molecule has 100 valence electrons. The molecule has 1 aliphatic heterocycles. The van der Waals surface area contributed by atoms with E-state index < -0.39 is 0 Å². The molecule has 1 saturated heterocycles. The lowest BCUT2D eigenvalue weighted by atomic mass is 10.2. The highest BCUT2D eigenvalue weighted by Crippen LogP contribution is 2.22. The van der Waals surface area contributed by atoms with Crippen LogP contribution < -0.4 is 10.2 Å². The molecule has 1 fully saturated rings. The van der Waals surface area contributed by atoms with Gasteiger partial charge in [-0.2, -0.15) is 0 Å². The van der Waals surface area contributed by atoms with Gasteiger partial charge in [0.15, 0.2) is 0 Å². The number of hydrogen-bond acceptors (Lipinski definition) is 5. The lowest BCUT2D eigenvalue weighted by molar-refractivity contribution is 0.552. The maximum atomic E-state index is 5.30. The first-order chi connectivity index (χ1) is 9.33. The highest BCUT2D eigenvalue weighted by Gasteiger charge is 2.10. The predicted molar refractivity (Wildman–Crippen MR) is 76.8 cm³/mol. The third-order valence-electron chi connectivity index (χ3n) is 3.26. The normalized spacial score (nSPS) is 16.3. The standard InChI is InChI=1S/C13H16N4OS/c19-13-16-15-12(18-13)10-2-4-11(5-3-10)17-8-1-6-14-7-9-17/h2-5,14H,1,6-9H2,(H,16,19). The monoisotopic (exact) mass is 276 g/mol. The van der Waals surface area contributed by atoms with Gasteiger partial charge >= 0.3 is 0 Å². The number of aromatic amines is 1. The van der Waals surface area contributed by atoms with Gasteiger partial charge in [-0.25, -0.2) is 5.10 Å². The molecule has 5 nitrogen and oxygen atoms in total. The van der Waals surface area contributed by atoms with E-state index in [0.717, 1.165) is 31.7 Å². The fourth-order valence-corrected chi connectivity index (χ4v) is 2.40. The molecule has 0 atom stereocenters. The number of rotatable bonds is 2. The molecule has 1 aliphatic rings. The summed E-state index contributed by atoms with van der Waals surface area (Å²) in [6.07, 6.45) is 1.18. The summed E-state index contributed by atoms with van der Waals surface area (Å²) in [5.41, 5.74) is 2.17. The van der Waals surface area contributed by atoms with Crippen LogP contribution in [0, 0.1) is 4.84 Å². The summed E-state index contributed by atoms with van der Waals surface area (Å²) in [6.45, 7) is 4.27. The predicted octanol–water partition coefficient (Wildman–Crippen LogP) is 2.20. The summed E-state index contributed by atoms with van der Waals surface area (Å²) in [6, 6.07) is 8.24. The summed E-state index contributed by atoms with van der Waals surface area (Å²) >= 11 is 4.88. The van der Waals surface area contributed by atoms with Crippen molar-refractivity contribution in [1.82, 2.24) is 15.5 Å². The highest BCUT2D eigenvalue weighted by molar-refractivity contribution is 7.71. The largest absolute Gasteiger partial charge is 0.409 e. The molecule has 0 amide bonds. The number of hydrogen-bond donors (Lipinski definition) is 2. The second kappa shape index (κ2) is 5.54. The van der Waals surface area contributed by atoms with E-state index in [1.54, 1.807) is 0 Å². The molecule has 6 heteroatoms. The van der Waals surface area contributed by atoms with E-state index in [0.29, 0.717) is 10.7 Å². The Hall–Kier alpha value is -1.66. The third-order valence-corrected chi connectivity index (χ3v) is 3.43. The molecule has 19 heavy (non-hydrogen) atoms. The lowest BCUT2D eigenvalue weighted by Gasteiger charge is -2.22. The zero-order chi connectivity index (χ0) is 13.1. The minimum absolute atomic E-state index is 0.303. The summed E-state index contributed by atoms with van der Waals surface area (Å²) in [7, 11) is 0. The molecule has 0 bridgehead atoms. The smallest absolute Gasteiger partial charge is 0.284 e. The number of anilines is 1. The van der Waals surface area contributed by atoms with Gasteiger partial charge in [0.1, 0.15) is 0 Å². The van der Waals surface area contributed by atoms with Gasteiger partial charge in [0.25, 0.3) is 4.84 Å². The molecule has 1 aromatic heterocycles. The van der Waals surface area contributed by atoms with Crippen molar-refractivity contribution in [2.45, 2.75) is 6.42 Å². The Morgan fingerprint density at radius 1 is 1.16 bits per heavy atom. The molecule has 0 radical (unpaired) electrons. The van der Waals surface area contributed by atoms with Crippen LogP contribution in [-0.4, -0.2) is 36.4 Å². The van der Waals surface area contributed by atoms with Gasteiger partial charge < -0.3 is 14.6 Å². The van der Waals surface area contributed by atoms with Crippen molar-refractivity contribution in [2.24, 2.45) is 0 Å². The number of nitrogens with zero attached hydrogens (tertiary/aromatic N) is 2. The van der Waals surface area contributed by atoms with Crippen molar-refractivity contribution in [2.75, 3.05) is 31.1 Å². The van der Waals surface area contributed by atoms with E-state index in [2.05, 4.69) is 32.5 Å². The van der Waals surface area contributed by atoms with Gasteiger partial charge in [0.05, 0.1) is 0 Å². The maximum absolute atomic E-state index is 5.30. The first-order valence-electron chi connectivity index (χ1n) is 6.44. The van der Waals surface area contributed by atoms with Crippen LogP contribution in [0.25, 0.3) is 11.5 Å². The van der Waals surface area contributed by atoms with Gasteiger partial charge in [-0.15, -0.1) is 5.10 Å². The number of H-pyrrole nitrogens is 1. The first-order valence-corrected chi connectivity index (χ1v) is 6.85. The fraction of sp³-hybridized carbons (Fsp3) is 0.385. The average Bonchev–Trinajstić information content (AvgIpc) is 2.72. The Morgan fingerprint density at radius 2 is 2.00 bits per heavy atom.